The highest BCUT2D eigenvalue weighted by Gasteiger charge is 2.38. The summed E-state index contributed by atoms with van der Waals surface area (Å²) in [6.45, 7) is 7.88. The zero-order valence-corrected chi connectivity index (χ0v) is 22.5. The maximum atomic E-state index is 13.6. The number of carbonyl (C=O) groups is 1. The molecule has 0 unspecified atom stereocenters. The molecule has 0 aromatic heterocycles. The van der Waals surface area contributed by atoms with E-state index in [2.05, 4.69) is 11.8 Å². The lowest BCUT2D eigenvalue weighted by Crippen LogP contribution is -2.50. The lowest BCUT2D eigenvalue weighted by molar-refractivity contribution is -0.136. The average Bonchev–Trinajstić information content (AvgIpc) is 2.84. The molecular formula is C27H40N2O5S. The van der Waals surface area contributed by atoms with Gasteiger partial charge in [-0.05, 0) is 38.0 Å². The Kier molecular flexibility index (Phi) is 9.25. The number of nitrogens with zero attached hydrogens (tertiary/aromatic N) is 2. The molecule has 8 heteroatoms. The molecule has 1 aromatic rings. The molecule has 1 N–H and O–H groups in total. The number of carbonyl (C=O) groups excluding carboxylic acids is 1. The molecule has 0 bridgehead atoms. The van der Waals surface area contributed by atoms with Gasteiger partial charge in [-0.15, -0.1) is 0 Å². The molecule has 2 aliphatic rings. The van der Waals surface area contributed by atoms with E-state index in [4.69, 9.17) is 4.74 Å². The van der Waals surface area contributed by atoms with E-state index in [9.17, 15) is 18.3 Å². The summed E-state index contributed by atoms with van der Waals surface area (Å²) in [6.07, 6.45) is 4.78. The number of rotatable bonds is 5. The highest BCUT2D eigenvalue weighted by Crippen LogP contribution is 2.34. The van der Waals surface area contributed by atoms with Gasteiger partial charge in [-0.2, -0.15) is 4.31 Å². The predicted octanol–water partition coefficient (Wildman–Crippen LogP) is 3.50. The van der Waals surface area contributed by atoms with Crippen molar-refractivity contribution in [3.63, 3.8) is 0 Å². The summed E-state index contributed by atoms with van der Waals surface area (Å²) < 4.78 is 34.9. The first kappa shape index (κ1) is 27.5. The lowest BCUT2D eigenvalue weighted by atomic mass is 9.88. The minimum absolute atomic E-state index is 0.0501. The van der Waals surface area contributed by atoms with Gasteiger partial charge in [0.15, 0.2) is 0 Å². The zero-order chi connectivity index (χ0) is 25.8. The Morgan fingerprint density at radius 1 is 1.23 bits per heavy atom. The molecule has 0 saturated heterocycles. The fourth-order valence-electron chi connectivity index (χ4n) is 4.77. The fraction of sp³-hybridized carbons (Fsp3) is 0.667. The molecule has 194 valence electrons. The van der Waals surface area contributed by atoms with Crippen molar-refractivity contribution >= 4 is 15.9 Å². The third-order valence-corrected chi connectivity index (χ3v) is 8.98. The van der Waals surface area contributed by atoms with Gasteiger partial charge in [0.2, 0.25) is 15.9 Å². The van der Waals surface area contributed by atoms with Gasteiger partial charge in [0.05, 0.1) is 13.2 Å². The fourth-order valence-corrected chi connectivity index (χ4v) is 6.60. The van der Waals surface area contributed by atoms with Crippen molar-refractivity contribution in [1.82, 2.24) is 9.21 Å². The van der Waals surface area contributed by atoms with Gasteiger partial charge in [-0.3, -0.25) is 4.79 Å². The average molecular weight is 505 g/mol. The van der Waals surface area contributed by atoms with Gasteiger partial charge in [0, 0.05) is 43.0 Å². The maximum absolute atomic E-state index is 13.6. The van der Waals surface area contributed by atoms with Crippen LogP contribution in [-0.4, -0.2) is 67.5 Å². The first-order valence-corrected chi connectivity index (χ1v) is 14.2. The number of fused-ring (bicyclic) bond motifs is 1. The maximum Gasteiger partial charge on any atom is 0.247 e. The molecule has 1 aromatic carbocycles. The topological polar surface area (TPSA) is 87.2 Å². The van der Waals surface area contributed by atoms with E-state index >= 15 is 0 Å². The van der Waals surface area contributed by atoms with Gasteiger partial charge in [0.25, 0.3) is 0 Å². The van der Waals surface area contributed by atoms with Crippen molar-refractivity contribution in [3.8, 4) is 17.6 Å². The Morgan fingerprint density at radius 3 is 2.54 bits per heavy atom. The van der Waals surface area contributed by atoms with Gasteiger partial charge in [-0.25, -0.2) is 8.42 Å². The first-order chi connectivity index (χ1) is 16.5. The van der Waals surface area contributed by atoms with Crippen molar-refractivity contribution in [2.45, 2.75) is 76.8 Å². The highest BCUT2D eigenvalue weighted by atomic mass is 32.2. The Morgan fingerprint density at radius 2 is 1.91 bits per heavy atom. The van der Waals surface area contributed by atoms with Crippen LogP contribution < -0.4 is 4.74 Å². The van der Waals surface area contributed by atoms with Crippen LogP contribution in [0.15, 0.2) is 23.1 Å². The largest absolute Gasteiger partial charge is 0.487 e. The van der Waals surface area contributed by atoms with Gasteiger partial charge < -0.3 is 14.7 Å². The van der Waals surface area contributed by atoms with E-state index in [0.717, 1.165) is 25.7 Å². The van der Waals surface area contributed by atoms with Gasteiger partial charge >= 0.3 is 0 Å². The minimum atomic E-state index is -3.90. The summed E-state index contributed by atoms with van der Waals surface area (Å²) in [6, 6.07) is 4.32. The van der Waals surface area contributed by atoms with E-state index in [0.29, 0.717) is 12.1 Å². The number of sulfonamides is 1. The molecule has 0 radical (unpaired) electrons. The van der Waals surface area contributed by atoms with Crippen LogP contribution in [0.25, 0.3) is 0 Å². The van der Waals surface area contributed by atoms with Crippen LogP contribution in [-0.2, 0) is 14.8 Å². The predicted molar refractivity (Wildman–Crippen MR) is 136 cm³/mol. The van der Waals surface area contributed by atoms with Crippen molar-refractivity contribution in [3.05, 3.63) is 23.8 Å². The van der Waals surface area contributed by atoms with Crippen LogP contribution in [0.5, 0.6) is 5.75 Å². The van der Waals surface area contributed by atoms with Gasteiger partial charge in [-0.1, -0.05) is 51.9 Å². The number of amides is 1. The highest BCUT2D eigenvalue weighted by molar-refractivity contribution is 7.89. The number of aliphatic hydroxyl groups excluding tert-OH is 1. The quantitative estimate of drug-likeness (QED) is 0.620. The Labute approximate surface area is 210 Å². The van der Waals surface area contributed by atoms with Crippen LogP contribution in [0.4, 0.5) is 0 Å². The van der Waals surface area contributed by atoms with Crippen molar-refractivity contribution in [2.75, 3.05) is 26.7 Å². The number of hydrogen-bond acceptors (Lipinski definition) is 5. The van der Waals surface area contributed by atoms with Crippen LogP contribution >= 0.6 is 0 Å². The number of ether oxygens (including phenoxy) is 1. The van der Waals surface area contributed by atoms with Crippen LogP contribution in [0, 0.1) is 29.6 Å². The molecule has 1 aliphatic heterocycles. The second-order valence-corrected chi connectivity index (χ2v) is 12.2. The van der Waals surface area contributed by atoms with E-state index in [-0.39, 0.29) is 47.5 Å². The molecular weight excluding hydrogens is 464 g/mol. The van der Waals surface area contributed by atoms with E-state index in [1.165, 1.54) is 16.8 Å². The summed E-state index contributed by atoms with van der Waals surface area (Å²) in [5, 5.41) is 9.80. The summed E-state index contributed by atoms with van der Waals surface area (Å²) in [7, 11) is -2.09. The number of benzene rings is 1. The number of aliphatic hydroxyl groups is 1. The minimum Gasteiger partial charge on any atom is -0.487 e. The summed E-state index contributed by atoms with van der Waals surface area (Å²) in [4.78, 5) is 14.9. The molecule has 1 amide bonds. The molecule has 1 aliphatic carbocycles. The van der Waals surface area contributed by atoms with Crippen molar-refractivity contribution < 1.29 is 23.1 Å². The Balaban J connectivity index is 1.97. The van der Waals surface area contributed by atoms with Gasteiger partial charge in [0.1, 0.15) is 16.7 Å². The standard InChI is InChI=1S/C27H40N2O5S/c1-19(2)11-12-22-13-14-26-24(15-22)34-25(17-28(5)27(31)23-9-7-6-8-10-23)20(3)16-29(21(4)18-30)35(26,32)33/h13-15,19-21,23,25,30H,6-10,16-18H2,1-5H3/t20-,21-,25+/m1/s1. The zero-order valence-electron chi connectivity index (χ0n) is 21.7. The normalized spacial score (nSPS) is 23.7. The van der Waals surface area contributed by atoms with Crippen molar-refractivity contribution in [2.24, 2.45) is 17.8 Å². The number of likely N-dealkylation sites (N-methyl/N-ethyl adjacent to an activating group) is 1. The molecule has 35 heavy (non-hydrogen) atoms. The third kappa shape index (κ3) is 6.58. The first-order valence-electron chi connectivity index (χ1n) is 12.7. The molecule has 3 rings (SSSR count). The SMILES string of the molecule is CC(C)C#Cc1ccc2c(c1)O[C@@H](CN(C)C(=O)C1CCCCC1)[C@H](C)CN([C@H](C)CO)S2(=O)=O. The summed E-state index contributed by atoms with van der Waals surface area (Å²) in [5.74, 6) is 6.58. The van der Waals surface area contributed by atoms with Crippen LogP contribution in [0.2, 0.25) is 0 Å². The second kappa shape index (κ2) is 11.8. The lowest BCUT2D eigenvalue weighted by Gasteiger charge is -2.38. The molecule has 0 spiro atoms. The molecule has 3 atom stereocenters. The summed E-state index contributed by atoms with van der Waals surface area (Å²) >= 11 is 0. The number of hydrogen-bond donors (Lipinski definition) is 1. The Hall–Kier alpha value is -2.08. The Bertz CT molecular complexity index is 1050. The molecule has 7 nitrogen and oxygen atoms in total. The van der Waals surface area contributed by atoms with E-state index < -0.39 is 22.2 Å². The van der Waals surface area contributed by atoms with E-state index in [1.54, 1.807) is 24.0 Å². The smallest absolute Gasteiger partial charge is 0.247 e. The summed E-state index contributed by atoms with van der Waals surface area (Å²) in [5.41, 5.74) is 0.674. The molecule has 1 fully saturated rings. The van der Waals surface area contributed by atoms with Crippen LogP contribution in [0.3, 0.4) is 0 Å². The molecule has 1 saturated carbocycles. The molecule has 1 heterocycles. The van der Waals surface area contributed by atoms with Crippen molar-refractivity contribution in [1.29, 1.82) is 0 Å². The van der Waals surface area contributed by atoms with Crippen LogP contribution in [0.1, 0.15) is 65.4 Å². The third-order valence-electron chi connectivity index (χ3n) is 6.96. The monoisotopic (exact) mass is 504 g/mol. The second-order valence-electron chi connectivity index (χ2n) is 10.4. The van der Waals surface area contributed by atoms with E-state index in [1.807, 2.05) is 27.8 Å².